The molecule has 0 atom stereocenters. The maximum absolute atomic E-state index is 11.1. The van der Waals surface area contributed by atoms with Crippen molar-refractivity contribution < 1.29 is 10.2 Å². The highest BCUT2D eigenvalue weighted by Gasteiger charge is 2.48. The normalized spacial score (nSPS) is 33.4. The van der Waals surface area contributed by atoms with Crippen molar-refractivity contribution in [1.29, 1.82) is 0 Å². The van der Waals surface area contributed by atoms with Crippen molar-refractivity contribution in [1.82, 2.24) is 0 Å². The summed E-state index contributed by atoms with van der Waals surface area (Å²) >= 11 is 0. The van der Waals surface area contributed by atoms with Crippen LogP contribution in [0.15, 0.2) is 36.4 Å². The second-order valence-corrected chi connectivity index (χ2v) is 11.3. The SMILES string of the molecule is Oc1c(CCCc2cccc(C34CCC(CC3)C4)c2O)cccc1C12CCC(CC1)C2. The second kappa shape index (κ2) is 7.29. The van der Waals surface area contributed by atoms with Gasteiger partial charge in [-0.2, -0.15) is 0 Å². The van der Waals surface area contributed by atoms with Gasteiger partial charge < -0.3 is 10.2 Å². The molecule has 4 bridgehead atoms. The number of phenols is 2. The van der Waals surface area contributed by atoms with Gasteiger partial charge in [0.25, 0.3) is 0 Å². The molecule has 2 nitrogen and oxygen atoms in total. The van der Waals surface area contributed by atoms with Crippen molar-refractivity contribution in [3.05, 3.63) is 58.7 Å². The van der Waals surface area contributed by atoms with Crippen molar-refractivity contribution in [2.45, 2.75) is 94.3 Å². The van der Waals surface area contributed by atoms with Crippen LogP contribution in [0.25, 0.3) is 0 Å². The molecule has 4 saturated carbocycles. The largest absolute Gasteiger partial charge is 0.507 e. The van der Waals surface area contributed by atoms with Gasteiger partial charge in [-0.1, -0.05) is 36.4 Å². The van der Waals surface area contributed by atoms with E-state index in [0.29, 0.717) is 11.5 Å². The number of aromatic hydroxyl groups is 2. The zero-order valence-electron chi connectivity index (χ0n) is 18.7. The van der Waals surface area contributed by atoms with E-state index in [0.717, 1.165) is 42.2 Å². The van der Waals surface area contributed by atoms with Gasteiger partial charge in [0.05, 0.1) is 0 Å². The number of aryl methyl sites for hydroxylation is 2. The standard InChI is InChI=1S/C29H36O2/c30-26-22(6-2-8-24(26)28-14-10-20(18-28)11-15-28)4-1-5-23-7-3-9-25(27(23)31)29-16-12-21(19-29)13-17-29/h2-3,6-9,20-21,30-31H,1,4-5,10-19H2. The summed E-state index contributed by atoms with van der Waals surface area (Å²) in [5, 5.41) is 22.2. The van der Waals surface area contributed by atoms with Crippen molar-refractivity contribution in [3.8, 4) is 11.5 Å². The van der Waals surface area contributed by atoms with Crippen molar-refractivity contribution in [2.24, 2.45) is 11.8 Å². The van der Waals surface area contributed by atoms with Crippen LogP contribution in [0, 0.1) is 11.8 Å². The zero-order chi connectivity index (χ0) is 21.1. The Morgan fingerprint density at radius 2 is 1.06 bits per heavy atom. The Hall–Kier alpha value is -1.96. The lowest BCUT2D eigenvalue weighted by Crippen LogP contribution is -2.20. The van der Waals surface area contributed by atoms with Crippen LogP contribution < -0.4 is 0 Å². The van der Waals surface area contributed by atoms with E-state index in [4.69, 9.17) is 0 Å². The summed E-state index contributed by atoms with van der Waals surface area (Å²) in [7, 11) is 0. The van der Waals surface area contributed by atoms with Gasteiger partial charge in [0.2, 0.25) is 0 Å². The smallest absolute Gasteiger partial charge is 0.122 e. The van der Waals surface area contributed by atoms with Crippen LogP contribution in [0.3, 0.4) is 0 Å². The van der Waals surface area contributed by atoms with E-state index in [-0.39, 0.29) is 10.8 Å². The number of hydrogen-bond donors (Lipinski definition) is 2. The van der Waals surface area contributed by atoms with Crippen LogP contribution in [0.4, 0.5) is 0 Å². The van der Waals surface area contributed by atoms with Crippen LogP contribution in [0.1, 0.15) is 92.9 Å². The van der Waals surface area contributed by atoms with E-state index in [1.54, 1.807) is 0 Å². The summed E-state index contributed by atoms with van der Waals surface area (Å²) in [5.74, 6) is 2.88. The van der Waals surface area contributed by atoms with Crippen LogP contribution in [-0.2, 0) is 23.7 Å². The summed E-state index contributed by atoms with van der Waals surface area (Å²) in [6.45, 7) is 0. The van der Waals surface area contributed by atoms with Gasteiger partial charge in [-0.05, 0) is 117 Å². The molecule has 0 radical (unpaired) electrons. The van der Waals surface area contributed by atoms with Crippen LogP contribution in [-0.4, -0.2) is 10.2 Å². The first kappa shape index (κ1) is 19.7. The molecule has 0 aliphatic heterocycles. The van der Waals surface area contributed by atoms with Gasteiger partial charge in [0.1, 0.15) is 11.5 Å². The lowest BCUT2D eigenvalue weighted by atomic mass is 9.76. The second-order valence-electron chi connectivity index (χ2n) is 11.3. The van der Waals surface area contributed by atoms with E-state index in [1.165, 1.54) is 75.3 Å². The highest BCUT2D eigenvalue weighted by Crippen LogP contribution is 2.58. The number of phenolic OH excluding ortho intramolecular Hbond substituents is 2. The number of hydrogen-bond acceptors (Lipinski definition) is 2. The molecular weight excluding hydrogens is 380 g/mol. The Morgan fingerprint density at radius 3 is 1.42 bits per heavy atom. The minimum absolute atomic E-state index is 0.247. The van der Waals surface area contributed by atoms with Crippen molar-refractivity contribution in [2.75, 3.05) is 0 Å². The predicted octanol–water partition coefficient (Wildman–Crippen LogP) is 6.94. The Kier molecular flexibility index (Phi) is 4.63. The van der Waals surface area contributed by atoms with Gasteiger partial charge in [0, 0.05) is 11.1 Å². The fourth-order valence-electron chi connectivity index (χ4n) is 8.05. The molecule has 0 heterocycles. The Balaban J connectivity index is 1.17. The lowest BCUT2D eigenvalue weighted by molar-refractivity contribution is 0.385. The van der Waals surface area contributed by atoms with Crippen LogP contribution >= 0.6 is 0 Å². The topological polar surface area (TPSA) is 40.5 Å². The third-order valence-electron chi connectivity index (χ3n) is 9.76. The first-order chi connectivity index (χ1) is 15.1. The number of fused-ring (bicyclic) bond motifs is 4. The number of rotatable bonds is 6. The van der Waals surface area contributed by atoms with Crippen molar-refractivity contribution >= 4 is 0 Å². The quantitative estimate of drug-likeness (QED) is 0.535. The molecule has 31 heavy (non-hydrogen) atoms. The molecule has 164 valence electrons. The summed E-state index contributed by atoms with van der Waals surface area (Å²) in [4.78, 5) is 0. The summed E-state index contributed by atoms with van der Waals surface area (Å²) in [5.41, 5.74) is 5.10. The third kappa shape index (κ3) is 3.12. The molecule has 0 aromatic heterocycles. The maximum atomic E-state index is 11.1. The predicted molar refractivity (Wildman–Crippen MR) is 125 cm³/mol. The molecule has 2 heteroatoms. The van der Waals surface area contributed by atoms with E-state index in [9.17, 15) is 10.2 Å². The van der Waals surface area contributed by atoms with E-state index < -0.39 is 0 Å². The molecule has 4 aliphatic rings. The Labute approximate surface area is 186 Å². The first-order valence-corrected chi connectivity index (χ1v) is 12.7. The molecule has 4 fully saturated rings. The minimum atomic E-state index is 0.247. The number of para-hydroxylation sites is 2. The minimum Gasteiger partial charge on any atom is -0.507 e. The molecule has 2 aromatic rings. The van der Waals surface area contributed by atoms with Crippen LogP contribution in [0.5, 0.6) is 11.5 Å². The summed E-state index contributed by atoms with van der Waals surface area (Å²) in [6, 6.07) is 12.9. The van der Waals surface area contributed by atoms with E-state index in [2.05, 4.69) is 36.4 Å². The fraction of sp³-hybridized carbons (Fsp3) is 0.586. The van der Waals surface area contributed by atoms with E-state index in [1.807, 2.05) is 0 Å². The highest BCUT2D eigenvalue weighted by atomic mass is 16.3. The van der Waals surface area contributed by atoms with Gasteiger partial charge >= 0.3 is 0 Å². The molecule has 6 rings (SSSR count). The van der Waals surface area contributed by atoms with Gasteiger partial charge in [0.15, 0.2) is 0 Å². The summed E-state index contributed by atoms with van der Waals surface area (Å²) < 4.78 is 0. The van der Waals surface area contributed by atoms with E-state index >= 15 is 0 Å². The molecule has 4 aliphatic carbocycles. The lowest BCUT2D eigenvalue weighted by Gasteiger charge is -2.29. The molecule has 0 unspecified atom stereocenters. The molecular formula is C29H36O2. The zero-order valence-corrected chi connectivity index (χ0v) is 18.7. The molecule has 2 N–H and O–H groups in total. The third-order valence-corrected chi connectivity index (χ3v) is 9.76. The molecule has 0 spiro atoms. The van der Waals surface area contributed by atoms with Crippen molar-refractivity contribution in [3.63, 3.8) is 0 Å². The number of benzene rings is 2. The average Bonchev–Trinajstić information content (AvgIpc) is 3.57. The molecule has 0 saturated heterocycles. The van der Waals surface area contributed by atoms with Gasteiger partial charge in [-0.3, -0.25) is 0 Å². The first-order valence-electron chi connectivity index (χ1n) is 12.7. The molecule has 0 amide bonds. The average molecular weight is 417 g/mol. The monoisotopic (exact) mass is 416 g/mol. The van der Waals surface area contributed by atoms with Crippen LogP contribution in [0.2, 0.25) is 0 Å². The Morgan fingerprint density at radius 1 is 0.645 bits per heavy atom. The highest BCUT2D eigenvalue weighted by molar-refractivity contribution is 5.48. The van der Waals surface area contributed by atoms with Gasteiger partial charge in [-0.25, -0.2) is 0 Å². The fourth-order valence-corrected chi connectivity index (χ4v) is 8.05. The maximum Gasteiger partial charge on any atom is 0.122 e. The van der Waals surface area contributed by atoms with Gasteiger partial charge in [-0.15, -0.1) is 0 Å². The molecule has 2 aromatic carbocycles. The summed E-state index contributed by atoms with van der Waals surface area (Å²) in [6.07, 6.45) is 15.6. The Bertz CT molecular complexity index is 895.